The van der Waals surface area contributed by atoms with Crippen LogP contribution in [0.5, 0.6) is 0 Å². The maximum atomic E-state index is 10.5. The second-order valence-electron chi connectivity index (χ2n) is 7.08. The molecule has 2 saturated heterocycles. The van der Waals surface area contributed by atoms with E-state index < -0.39 is 6.10 Å². The predicted molar refractivity (Wildman–Crippen MR) is 98.2 cm³/mol. The first kappa shape index (κ1) is 16.7. The zero-order valence-corrected chi connectivity index (χ0v) is 14.5. The summed E-state index contributed by atoms with van der Waals surface area (Å²) < 4.78 is 6.02. The highest BCUT2D eigenvalue weighted by Gasteiger charge is 2.40. The van der Waals surface area contributed by atoms with Crippen molar-refractivity contribution in [3.05, 3.63) is 71.8 Å². The summed E-state index contributed by atoms with van der Waals surface area (Å²) in [5.41, 5.74) is 2.34. The number of morpholine rings is 1. The van der Waals surface area contributed by atoms with Crippen LogP contribution in [-0.4, -0.2) is 59.8 Å². The third-order valence-electron chi connectivity index (χ3n) is 5.34. The number of ether oxygens (including phenoxy) is 1. The summed E-state index contributed by atoms with van der Waals surface area (Å²) in [4.78, 5) is 4.88. The summed E-state index contributed by atoms with van der Waals surface area (Å²) in [5, 5.41) is 10.5. The van der Waals surface area contributed by atoms with Crippen molar-refractivity contribution in [3.63, 3.8) is 0 Å². The molecular formula is C21H26N2O2. The molecule has 25 heavy (non-hydrogen) atoms. The van der Waals surface area contributed by atoms with Crippen molar-refractivity contribution in [2.75, 3.05) is 32.8 Å². The van der Waals surface area contributed by atoms with Crippen LogP contribution in [0.15, 0.2) is 60.7 Å². The van der Waals surface area contributed by atoms with Crippen molar-refractivity contribution in [2.24, 2.45) is 0 Å². The van der Waals surface area contributed by atoms with Gasteiger partial charge in [-0.25, -0.2) is 0 Å². The van der Waals surface area contributed by atoms with Gasteiger partial charge in [0.1, 0.15) is 0 Å². The summed E-state index contributed by atoms with van der Waals surface area (Å²) >= 11 is 0. The van der Waals surface area contributed by atoms with E-state index in [4.69, 9.17) is 4.74 Å². The molecule has 4 nitrogen and oxygen atoms in total. The molecule has 3 unspecified atom stereocenters. The molecule has 2 aromatic carbocycles. The second kappa shape index (κ2) is 7.67. The number of β-amino-alcohol motifs (C(OH)–C–C–N with tert-alkyl or cyclic N) is 1. The van der Waals surface area contributed by atoms with E-state index in [0.717, 1.165) is 38.3 Å². The van der Waals surface area contributed by atoms with Crippen molar-refractivity contribution in [3.8, 4) is 0 Å². The maximum absolute atomic E-state index is 10.5. The first-order chi connectivity index (χ1) is 12.3. The van der Waals surface area contributed by atoms with Crippen LogP contribution < -0.4 is 0 Å². The molecule has 1 N–H and O–H groups in total. The van der Waals surface area contributed by atoms with E-state index >= 15 is 0 Å². The molecule has 132 valence electrons. The summed E-state index contributed by atoms with van der Waals surface area (Å²) in [5.74, 6) is 0. The lowest BCUT2D eigenvalue weighted by molar-refractivity contribution is -0.0505. The van der Waals surface area contributed by atoms with Gasteiger partial charge in [-0.15, -0.1) is 0 Å². The molecule has 2 fully saturated rings. The monoisotopic (exact) mass is 338 g/mol. The molecule has 0 aliphatic carbocycles. The Bertz CT molecular complexity index is 664. The fourth-order valence-corrected chi connectivity index (χ4v) is 4.02. The van der Waals surface area contributed by atoms with Gasteiger partial charge in [0.25, 0.3) is 0 Å². The highest BCUT2D eigenvalue weighted by molar-refractivity contribution is 5.18. The number of hydrogen-bond donors (Lipinski definition) is 1. The summed E-state index contributed by atoms with van der Waals surface area (Å²) in [6.07, 6.45) is -0.190. The molecule has 0 saturated carbocycles. The minimum Gasteiger partial charge on any atom is -0.387 e. The zero-order valence-electron chi connectivity index (χ0n) is 14.5. The van der Waals surface area contributed by atoms with E-state index in [9.17, 15) is 5.11 Å². The van der Waals surface area contributed by atoms with E-state index in [1.54, 1.807) is 0 Å². The molecule has 0 radical (unpaired) electrons. The minimum absolute atomic E-state index is 0.250. The molecule has 2 aliphatic rings. The molecular weight excluding hydrogens is 312 g/mol. The summed E-state index contributed by atoms with van der Waals surface area (Å²) in [6, 6.07) is 21.0. The Morgan fingerprint density at radius 1 is 1.00 bits per heavy atom. The molecule has 2 aliphatic heterocycles. The molecule has 3 atom stereocenters. The molecule has 0 amide bonds. The highest BCUT2D eigenvalue weighted by atomic mass is 16.5. The van der Waals surface area contributed by atoms with Gasteiger partial charge in [0.05, 0.1) is 24.9 Å². The smallest absolute Gasteiger partial charge is 0.0916 e. The number of likely N-dealkylation sites (tertiary alicyclic amines) is 1. The van der Waals surface area contributed by atoms with Gasteiger partial charge in [-0.3, -0.25) is 9.80 Å². The number of aliphatic hydroxyl groups is 1. The third kappa shape index (κ3) is 3.93. The van der Waals surface area contributed by atoms with Crippen molar-refractivity contribution in [2.45, 2.75) is 24.8 Å². The standard InChI is InChI=1S/C21H26N2O2/c24-20(18-9-5-2-6-10-18)15-22-14-19-21(16-22)25-12-11-23(19)13-17-7-3-1-4-8-17/h1-10,19-21,24H,11-16H2. The van der Waals surface area contributed by atoms with Gasteiger partial charge in [0.2, 0.25) is 0 Å². The molecule has 0 aromatic heterocycles. The third-order valence-corrected chi connectivity index (χ3v) is 5.34. The van der Waals surface area contributed by atoms with E-state index in [-0.39, 0.29) is 6.10 Å². The van der Waals surface area contributed by atoms with Gasteiger partial charge in [0.15, 0.2) is 0 Å². The first-order valence-electron chi connectivity index (χ1n) is 9.14. The normalized spacial score (nSPS) is 25.6. The van der Waals surface area contributed by atoms with Gasteiger partial charge in [-0.1, -0.05) is 60.7 Å². The fourth-order valence-electron chi connectivity index (χ4n) is 4.02. The van der Waals surface area contributed by atoms with Crippen LogP contribution in [0.1, 0.15) is 17.2 Å². The Kier molecular flexibility index (Phi) is 5.13. The molecule has 4 heteroatoms. The molecule has 0 spiro atoms. The molecule has 2 aromatic rings. The van der Waals surface area contributed by atoms with E-state index in [2.05, 4.69) is 40.1 Å². The average Bonchev–Trinajstić information content (AvgIpc) is 3.07. The van der Waals surface area contributed by atoms with Crippen molar-refractivity contribution >= 4 is 0 Å². The Hall–Kier alpha value is -1.72. The summed E-state index contributed by atoms with van der Waals surface area (Å²) in [7, 11) is 0. The highest BCUT2D eigenvalue weighted by Crippen LogP contribution is 2.26. The second-order valence-corrected chi connectivity index (χ2v) is 7.08. The van der Waals surface area contributed by atoms with Crippen molar-refractivity contribution in [1.29, 1.82) is 0 Å². The Morgan fingerprint density at radius 3 is 2.48 bits per heavy atom. The lowest BCUT2D eigenvalue weighted by Gasteiger charge is -2.37. The fraction of sp³-hybridized carbons (Fsp3) is 0.429. The van der Waals surface area contributed by atoms with Crippen LogP contribution in [0.2, 0.25) is 0 Å². The molecule has 2 heterocycles. The van der Waals surface area contributed by atoms with Crippen LogP contribution in [-0.2, 0) is 11.3 Å². The Labute approximate surface area is 149 Å². The molecule has 4 rings (SSSR count). The van der Waals surface area contributed by atoms with Gasteiger partial charge in [0, 0.05) is 32.7 Å². The average molecular weight is 338 g/mol. The van der Waals surface area contributed by atoms with Gasteiger partial charge in [-0.05, 0) is 11.1 Å². The van der Waals surface area contributed by atoms with Crippen LogP contribution in [0.3, 0.4) is 0 Å². The van der Waals surface area contributed by atoms with Gasteiger partial charge in [-0.2, -0.15) is 0 Å². The number of nitrogens with zero attached hydrogens (tertiary/aromatic N) is 2. The van der Waals surface area contributed by atoms with Crippen LogP contribution in [0, 0.1) is 0 Å². The molecule has 0 bridgehead atoms. The quantitative estimate of drug-likeness (QED) is 0.908. The predicted octanol–water partition coefficient (Wildman–Crippen LogP) is 2.31. The van der Waals surface area contributed by atoms with Crippen LogP contribution in [0.25, 0.3) is 0 Å². The van der Waals surface area contributed by atoms with E-state index in [0.29, 0.717) is 12.6 Å². The Morgan fingerprint density at radius 2 is 1.72 bits per heavy atom. The minimum atomic E-state index is -0.441. The number of hydrogen-bond acceptors (Lipinski definition) is 4. The van der Waals surface area contributed by atoms with E-state index in [1.807, 2.05) is 30.3 Å². The van der Waals surface area contributed by atoms with Gasteiger partial charge >= 0.3 is 0 Å². The number of benzene rings is 2. The SMILES string of the molecule is OC(CN1CC2OCCN(Cc3ccccc3)C2C1)c1ccccc1. The lowest BCUT2D eigenvalue weighted by atomic mass is 10.1. The van der Waals surface area contributed by atoms with Crippen LogP contribution in [0.4, 0.5) is 0 Å². The number of aliphatic hydroxyl groups excluding tert-OH is 1. The lowest BCUT2D eigenvalue weighted by Crippen LogP contribution is -2.50. The summed E-state index contributed by atoms with van der Waals surface area (Å²) in [6.45, 7) is 5.27. The number of fused-ring (bicyclic) bond motifs is 1. The van der Waals surface area contributed by atoms with Gasteiger partial charge < -0.3 is 9.84 Å². The topological polar surface area (TPSA) is 35.9 Å². The largest absolute Gasteiger partial charge is 0.387 e. The number of rotatable bonds is 5. The van der Waals surface area contributed by atoms with Crippen molar-refractivity contribution < 1.29 is 9.84 Å². The maximum Gasteiger partial charge on any atom is 0.0916 e. The van der Waals surface area contributed by atoms with E-state index in [1.165, 1.54) is 5.56 Å². The zero-order chi connectivity index (χ0) is 17.1. The van der Waals surface area contributed by atoms with Crippen molar-refractivity contribution in [1.82, 2.24) is 9.80 Å². The Balaban J connectivity index is 1.39. The van der Waals surface area contributed by atoms with Crippen LogP contribution >= 0.6 is 0 Å². The first-order valence-corrected chi connectivity index (χ1v) is 9.14.